The molecule has 1 aromatic carbocycles. The van der Waals surface area contributed by atoms with Crippen LogP contribution in [0.4, 0.5) is 10.3 Å². The van der Waals surface area contributed by atoms with Crippen LogP contribution in [0.2, 0.25) is 0 Å². The van der Waals surface area contributed by atoms with Crippen molar-refractivity contribution in [3.63, 3.8) is 0 Å². The monoisotopic (exact) mass is 247 g/mol. The molecule has 0 unspecified atom stereocenters. The number of hydrogen-bond donors (Lipinski definition) is 1. The van der Waals surface area contributed by atoms with Crippen LogP contribution in [0.25, 0.3) is 11.3 Å². The summed E-state index contributed by atoms with van der Waals surface area (Å²) in [4.78, 5) is 8.36. The van der Waals surface area contributed by atoms with Crippen molar-refractivity contribution in [2.75, 3.05) is 19.5 Å². The third-order valence-corrected chi connectivity index (χ3v) is 2.63. The highest BCUT2D eigenvalue weighted by molar-refractivity contribution is 5.66. The Kier molecular flexibility index (Phi) is 3.41. The smallest absolute Gasteiger partial charge is 0.222 e. The van der Waals surface area contributed by atoms with Crippen LogP contribution in [0, 0.1) is 12.7 Å². The first kappa shape index (κ1) is 12.3. The summed E-state index contributed by atoms with van der Waals surface area (Å²) in [5.74, 6) is 0.248. The number of aromatic nitrogens is 2. The molecule has 2 rings (SSSR count). The van der Waals surface area contributed by atoms with Gasteiger partial charge in [0.25, 0.3) is 0 Å². The Morgan fingerprint density at radius 2 is 2.11 bits per heavy atom. The van der Waals surface area contributed by atoms with E-state index < -0.39 is 5.82 Å². The van der Waals surface area contributed by atoms with Crippen LogP contribution < -0.4 is 10.1 Å². The van der Waals surface area contributed by atoms with Gasteiger partial charge in [-0.25, -0.2) is 14.4 Å². The number of rotatable bonds is 3. The Morgan fingerprint density at radius 1 is 1.33 bits per heavy atom. The van der Waals surface area contributed by atoms with Crippen LogP contribution in [0.15, 0.2) is 24.4 Å². The maximum absolute atomic E-state index is 14.2. The van der Waals surface area contributed by atoms with Gasteiger partial charge < -0.3 is 10.1 Å². The lowest BCUT2D eigenvalue weighted by Gasteiger charge is -2.10. The van der Waals surface area contributed by atoms with E-state index in [0.29, 0.717) is 17.2 Å². The minimum Gasteiger partial charge on any atom is -0.494 e. The molecule has 1 aromatic heterocycles. The number of nitrogens with one attached hydrogen (secondary N) is 1. The topological polar surface area (TPSA) is 47.0 Å². The second-order valence-corrected chi connectivity index (χ2v) is 3.80. The lowest BCUT2D eigenvalue weighted by molar-refractivity contribution is 0.387. The third kappa shape index (κ3) is 2.11. The maximum atomic E-state index is 14.2. The second kappa shape index (κ2) is 5.00. The van der Waals surface area contributed by atoms with Gasteiger partial charge in [0.05, 0.1) is 12.8 Å². The Labute approximate surface area is 105 Å². The predicted molar refractivity (Wildman–Crippen MR) is 68.3 cm³/mol. The third-order valence-electron chi connectivity index (χ3n) is 2.63. The molecular weight excluding hydrogens is 233 g/mol. The summed E-state index contributed by atoms with van der Waals surface area (Å²) in [5, 5.41) is 2.84. The highest BCUT2D eigenvalue weighted by atomic mass is 19.1. The normalized spacial score (nSPS) is 10.2. The first-order chi connectivity index (χ1) is 8.67. The van der Waals surface area contributed by atoms with Crippen LogP contribution in [0.5, 0.6) is 5.75 Å². The fraction of sp³-hybridized carbons (Fsp3) is 0.231. The van der Waals surface area contributed by atoms with Gasteiger partial charge in [0.15, 0.2) is 11.6 Å². The molecule has 2 aromatic rings. The number of nitrogens with zero attached hydrogens (tertiary/aromatic N) is 2. The molecule has 1 heterocycles. The average molecular weight is 247 g/mol. The fourth-order valence-electron chi connectivity index (χ4n) is 1.69. The zero-order valence-corrected chi connectivity index (χ0v) is 10.5. The molecular formula is C13H14FN3O. The van der Waals surface area contributed by atoms with Gasteiger partial charge in [-0.2, -0.15) is 0 Å². The van der Waals surface area contributed by atoms with E-state index in [-0.39, 0.29) is 5.75 Å². The highest BCUT2D eigenvalue weighted by Gasteiger charge is 2.14. The predicted octanol–water partition coefficient (Wildman–Crippen LogP) is 2.64. The number of aryl methyl sites for hydroxylation is 1. The van der Waals surface area contributed by atoms with E-state index in [1.54, 1.807) is 31.4 Å². The first-order valence-corrected chi connectivity index (χ1v) is 5.51. The van der Waals surface area contributed by atoms with Crippen molar-refractivity contribution in [1.29, 1.82) is 0 Å². The second-order valence-electron chi connectivity index (χ2n) is 3.80. The molecule has 0 saturated heterocycles. The molecule has 1 N–H and O–H groups in total. The van der Waals surface area contributed by atoms with Crippen molar-refractivity contribution < 1.29 is 9.13 Å². The lowest BCUT2D eigenvalue weighted by Crippen LogP contribution is -2.01. The molecule has 0 atom stereocenters. The van der Waals surface area contributed by atoms with E-state index in [2.05, 4.69) is 15.3 Å². The number of hydrogen-bond acceptors (Lipinski definition) is 4. The van der Waals surface area contributed by atoms with Crippen LogP contribution in [-0.4, -0.2) is 24.1 Å². The average Bonchev–Trinajstić information content (AvgIpc) is 2.40. The van der Waals surface area contributed by atoms with Gasteiger partial charge in [0.2, 0.25) is 5.95 Å². The van der Waals surface area contributed by atoms with Gasteiger partial charge in [-0.05, 0) is 24.6 Å². The van der Waals surface area contributed by atoms with Crippen molar-refractivity contribution in [1.82, 2.24) is 9.97 Å². The van der Waals surface area contributed by atoms with Gasteiger partial charge in [0.1, 0.15) is 0 Å². The largest absolute Gasteiger partial charge is 0.494 e. The SMILES string of the molecule is CNc1ncc(C)c(-c2cccc(OC)c2F)n1. The summed E-state index contributed by atoms with van der Waals surface area (Å²) in [6, 6.07) is 4.98. The zero-order valence-electron chi connectivity index (χ0n) is 10.5. The van der Waals surface area contributed by atoms with E-state index in [1.165, 1.54) is 7.11 Å². The maximum Gasteiger partial charge on any atom is 0.222 e. The number of halogens is 1. The molecule has 94 valence electrons. The molecule has 0 aliphatic carbocycles. The Bertz CT molecular complexity index is 572. The Hall–Kier alpha value is -2.17. The Balaban J connectivity index is 2.61. The first-order valence-electron chi connectivity index (χ1n) is 5.51. The highest BCUT2D eigenvalue weighted by Crippen LogP contribution is 2.29. The molecule has 0 aliphatic rings. The molecule has 0 fully saturated rings. The van der Waals surface area contributed by atoms with Crippen LogP contribution in [0.1, 0.15) is 5.56 Å². The standard InChI is InChI=1S/C13H14FN3O/c1-8-7-16-13(15-2)17-12(8)9-5-4-6-10(18-3)11(9)14/h4-7H,1-3H3,(H,15,16,17). The number of methoxy groups -OCH3 is 1. The minimum atomic E-state index is -0.413. The van der Waals surface area contributed by atoms with Crippen LogP contribution in [-0.2, 0) is 0 Å². The number of benzene rings is 1. The molecule has 0 amide bonds. The van der Waals surface area contributed by atoms with Crippen molar-refractivity contribution in [3.8, 4) is 17.0 Å². The molecule has 5 heteroatoms. The summed E-state index contributed by atoms with van der Waals surface area (Å²) in [6.45, 7) is 1.84. The van der Waals surface area contributed by atoms with Crippen LogP contribution in [0.3, 0.4) is 0 Å². The summed E-state index contributed by atoms with van der Waals surface area (Å²) in [6.07, 6.45) is 1.66. The van der Waals surface area contributed by atoms with Crippen LogP contribution >= 0.6 is 0 Å². The summed E-state index contributed by atoms with van der Waals surface area (Å²) in [5.41, 5.74) is 1.78. The molecule has 0 radical (unpaired) electrons. The van der Waals surface area contributed by atoms with Crippen molar-refractivity contribution in [2.24, 2.45) is 0 Å². The summed E-state index contributed by atoms with van der Waals surface area (Å²) < 4.78 is 19.1. The molecule has 0 bridgehead atoms. The zero-order chi connectivity index (χ0) is 13.1. The minimum absolute atomic E-state index is 0.205. The summed E-state index contributed by atoms with van der Waals surface area (Å²) >= 11 is 0. The van der Waals surface area contributed by atoms with E-state index in [4.69, 9.17) is 4.74 Å². The van der Waals surface area contributed by atoms with E-state index in [1.807, 2.05) is 6.92 Å². The molecule has 0 saturated carbocycles. The number of ether oxygens (including phenoxy) is 1. The van der Waals surface area contributed by atoms with Gasteiger partial charge >= 0.3 is 0 Å². The van der Waals surface area contributed by atoms with E-state index in [9.17, 15) is 4.39 Å². The fourth-order valence-corrected chi connectivity index (χ4v) is 1.69. The van der Waals surface area contributed by atoms with Gasteiger partial charge in [-0.3, -0.25) is 0 Å². The number of anilines is 1. The van der Waals surface area contributed by atoms with E-state index in [0.717, 1.165) is 5.56 Å². The quantitative estimate of drug-likeness (QED) is 0.905. The molecule has 0 spiro atoms. The van der Waals surface area contributed by atoms with E-state index >= 15 is 0 Å². The van der Waals surface area contributed by atoms with Gasteiger partial charge in [-0.1, -0.05) is 6.07 Å². The molecule has 4 nitrogen and oxygen atoms in total. The molecule has 18 heavy (non-hydrogen) atoms. The summed E-state index contributed by atoms with van der Waals surface area (Å²) in [7, 11) is 3.16. The van der Waals surface area contributed by atoms with Gasteiger partial charge in [0, 0.05) is 18.8 Å². The van der Waals surface area contributed by atoms with Crippen molar-refractivity contribution >= 4 is 5.95 Å². The molecule has 0 aliphatic heterocycles. The van der Waals surface area contributed by atoms with Gasteiger partial charge in [-0.15, -0.1) is 0 Å². The van der Waals surface area contributed by atoms with Crippen molar-refractivity contribution in [3.05, 3.63) is 35.8 Å². The Morgan fingerprint density at radius 3 is 2.78 bits per heavy atom. The van der Waals surface area contributed by atoms with Crippen molar-refractivity contribution in [2.45, 2.75) is 6.92 Å². The lowest BCUT2D eigenvalue weighted by atomic mass is 10.1.